The zero-order valence-electron chi connectivity index (χ0n) is 9.54. The Morgan fingerprint density at radius 3 is 2.83 bits per heavy atom. The Morgan fingerprint density at radius 1 is 1.50 bits per heavy atom. The first-order valence-corrected chi connectivity index (χ1v) is 5.42. The number of H-pyrrole nitrogens is 1. The van der Waals surface area contributed by atoms with E-state index in [-0.39, 0.29) is 12.2 Å². The standard InChI is InChI=1S/C12H13N3O3/c13-7-10(11(16)17)8-2-1-3-9(6-8)15-5-4-14-12(15)18/h1-6,10H,7,13H2,(H,14,18)(H,16,17). The minimum absolute atomic E-state index is 0.0147. The van der Waals surface area contributed by atoms with Crippen LogP contribution >= 0.6 is 0 Å². The fraction of sp³-hybridized carbons (Fsp3) is 0.167. The SMILES string of the molecule is NCC(C(=O)O)c1cccc(-n2cc[nH]c2=O)c1. The number of rotatable bonds is 4. The van der Waals surface area contributed by atoms with Crippen LogP contribution < -0.4 is 11.4 Å². The highest BCUT2D eigenvalue weighted by atomic mass is 16.4. The van der Waals surface area contributed by atoms with Gasteiger partial charge in [0.15, 0.2) is 0 Å². The van der Waals surface area contributed by atoms with Crippen molar-refractivity contribution in [2.75, 3.05) is 6.54 Å². The number of benzene rings is 1. The molecule has 0 radical (unpaired) electrons. The van der Waals surface area contributed by atoms with Crippen LogP contribution in [0, 0.1) is 0 Å². The van der Waals surface area contributed by atoms with Crippen LogP contribution in [-0.2, 0) is 4.79 Å². The Bertz CT molecular complexity index is 615. The first kappa shape index (κ1) is 12.1. The van der Waals surface area contributed by atoms with Crippen molar-refractivity contribution in [1.82, 2.24) is 9.55 Å². The highest BCUT2D eigenvalue weighted by Gasteiger charge is 2.18. The molecule has 0 aliphatic rings. The number of nitrogens with one attached hydrogen (secondary N) is 1. The minimum atomic E-state index is -0.976. The first-order chi connectivity index (χ1) is 8.63. The lowest BCUT2D eigenvalue weighted by Crippen LogP contribution is -2.21. The van der Waals surface area contributed by atoms with Gasteiger partial charge in [0.25, 0.3) is 0 Å². The lowest BCUT2D eigenvalue weighted by molar-refractivity contribution is -0.138. The summed E-state index contributed by atoms with van der Waals surface area (Å²) in [6, 6.07) is 6.78. The van der Waals surface area contributed by atoms with Crippen LogP contribution in [0.25, 0.3) is 5.69 Å². The maximum atomic E-state index is 11.5. The number of aromatic nitrogens is 2. The summed E-state index contributed by atoms with van der Waals surface area (Å²) in [6.45, 7) is 0.0147. The molecule has 0 aliphatic carbocycles. The van der Waals surface area contributed by atoms with Gasteiger partial charge in [0.2, 0.25) is 0 Å². The normalized spacial score (nSPS) is 12.3. The Balaban J connectivity index is 2.45. The molecule has 6 heteroatoms. The number of aliphatic carboxylic acids is 1. The van der Waals surface area contributed by atoms with E-state index in [9.17, 15) is 9.59 Å². The predicted molar refractivity (Wildman–Crippen MR) is 65.8 cm³/mol. The molecule has 94 valence electrons. The van der Waals surface area contributed by atoms with E-state index in [0.29, 0.717) is 11.3 Å². The molecular formula is C12H13N3O3. The van der Waals surface area contributed by atoms with Gasteiger partial charge in [0.1, 0.15) is 0 Å². The monoisotopic (exact) mass is 247 g/mol. The summed E-state index contributed by atoms with van der Waals surface area (Å²) in [5.74, 6) is -1.74. The minimum Gasteiger partial charge on any atom is -0.481 e. The fourth-order valence-electron chi connectivity index (χ4n) is 1.79. The molecule has 2 rings (SSSR count). The number of carbonyl (C=O) groups is 1. The molecular weight excluding hydrogens is 234 g/mol. The van der Waals surface area contributed by atoms with Gasteiger partial charge in [-0.3, -0.25) is 9.36 Å². The van der Waals surface area contributed by atoms with Gasteiger partial charge in [-0.2, -0.15) is 0 Å². The zero-order valence-corrected chi connectivity index (χ0v) is 9.54. The van der Waals surface area contributed by atoms with Crippen molar-refractivity contribution >= 4 is 5.97 Å². The molecule has 1 aromatic carbocycles. The maximum absolute atomic E-state index is 11.5. The summed E-state index contributed by atoms with van der Waals surface area (Å²) in [4.78, 5) is 25.0. The molecule has 6 nitrogen and oxygen atoms in total. The topological polar surface area (TPSA) is 101 Å². The van der Waals surface area contributed by atoms with Crippen molar-refractivity contribution in [2.45, 2.75) is 5.92 Å². The molecule has 0 amide bonds. The molecule has 2 aromatic rings. The summed E-state index contributed by atoms with van der Waals surface area (Å²) in [7, 11) is 0. The van der Waals surface area contributed by atoms with E-state index in [2.05, 4.69) is 4.98 Å². The second-order valence-electron chi connectivity index (χ2n) is 3.86. The highest BCUT2D eigenvalue weighted by Crippen LogP contribution is 2.18. The third kappa shape index (κ3) is 2.18. The second kappa shape index (κ2) is 4.89. The van der Waals surface area contributed by atoms with Crippen molar-refractivity contribution in [3.05, 3.63) is 52.7 Å². The van der Waals surface area contributed by atoms with Crippen LogP contribution in [-0.4, -0.2) is 27.2 Å². The Hall–Kier alpha value is -2.34. The number of carboxylic acid groups (broad SMARTS) is 1. The highest BCUT2D eigenvalue weighted by molar-refractivity contribution is 5.76. The molecule has 0 spiro atoms. The third-order valence-corrected chi connectivity index (χ3v) is 2.73. The third-order valence-electron chi connectivity index (χ3n) is 2.73. The van der Waals surface area contributed by atoms with Crippen LogP contribution in [0.15, 0.2) is 41.5 Å². The van der Waals surface area contributed by atoms with E-state index >= 15 is 0 Å². The summed E-state index contributed by atoms with van der Waals surface area (Å²) < 4.78 is 1.40. The van der Waals surface area contributed by atoms with E-state index in [0.717, 1.165) is 0 Å². The molecule has 1 aromatic heterocycles. The number of hydrogen-bond acceptors (Lipinski definition) is 3. The van der Waals surface area contributed by atoms with E-state index in [4.69, 9.17) is 10.8 Å². The summed E-state index contributed by atoms with van der Waals surface area (Å²) in [5, 5.41) is 9.05. The average Bonchev–Trinajstić information content (AvgIpc) is 2.76. The lowest BCUT2D eigenvalue weighted by Gasteiger charge is -2.11. The van der Waals surface area contributed by atoms with E-state index in [1.165, 1.54) is 10.8 Å². The number of aromatic amines is 1. The number of hydrogen-bond donors (Lipinski definition) is 3. The fourth-order valence-corrected chi connectivity index (χ4v) is 1.79. The van der Waals surface area contributed by atoms with Crippen molar-refractivity contribution in [3.63, 3.8) is 0 Å². The number of carboxylic acids is 1. The van der Waals surface area contributed by atoms with Gasteiger partial charge >= 0.3 is 11.7 Å². The van der Waals surface area contributed by atoms with Crippen molar-refractivity contribution < 1.29 is 9.90 Å². The summed E-state index contributed by atoms with van der Waals surface area (Å²) in [6.07, 6.45) is 3.10. The lowest BCUT2D eigenvalue weighted by atomic mass is 9.99. The van der Waals surface area contributed by atoms with E-state index < -0.39 is 11.9 Å². The Labute approximate surface area is 103 Å². The Morgan fingerprint density at radius 2 is 2.28 bits per heavy atom. The smallest absolute Gasteiger partial charge is 0.330 e. The van der Waals surface area contributed by atoms with Gasteiger partial charge in [0.05, 0.1) is 11.6 Å². The van der Waals surface area contributed by atoms with Gasteiger partial charge in [-0.25, -0.2) is 4.79 Å². The second-order valence-corrected chi connectivity index (χ2v) is 3.86. The van der Waals surface area contributed by atoms with Crippen LogP contribution in [0.5, 0.6) is 0 Å². The molecule has 1 heterocycles. The maximum Gasteiger partial charge on any atom is 0.330 e. The van der Waals surface area contributed by atoms with E-state index in [1.807, 2.05) is 0 Å². The van der Waals surface area contributed by atoms with Crippen molar-refractivity contribution in [1.29, 1.82) is 0 Å². The average molecular weight is 247 g/mol. The van der Waals surface area contributed by atoms with Gasteiger partial charge < -0.3 is 15.8 Å². The van der Waals surface area contributed by atoms with Crippen LogP contribution in [0.2, 0.25) is 0 Å². The molecule has 0 fully saturated rings. The van der Waals surface area contributed by atoms with Crippen molar-refractivity contribution in [2.24, 2.45) is 5.73 Å². The van der Waals surface area contributed by atoms with Gasteiger partial charge in [0, 0.05) is 18.9 Å². The molecule has 1 atom stereocenters. The predicted octanol–water partition coefficient (Wildman–Crippen LogP) is 0.292. The van der Waals surface area contributed by atoms with Gasteiger partial charge in [-0.1, -0.05) is 12.1 Å². The van der Waals surface area contributed by atoms with Gasteiger partial charge in [-0.05, 0) is 17.7 Å². The molecule has 0 bridgehead atoms. The first-order valence-electron chi connectivity index (χ1n) is 5.42. The largest absolute Gasteiger partial charge is 0.481 e. The molecule has 0 saturated carbocycles. The number of nitrogens with zero attached hydrogens (tertiary/aromatic N) is 1. The molecule has 0 saturated heterocycles. The molecule has 18 heavy (non-hydrogen) atoms. The van der Waals surface area contributed by atoms with Crippen LogP contribution in [0.3, 0.4) is 0 Å². The summed E-state index contributed by atoms with van der Waals surface area (Å²) >= 11 is 0. The molecule has 0 aliphatic heterocycles. The Kier molecular flexibility index (Phi) is 3.29. The van der Waals surface area contributed by atoms with Gasteiger partial charge in [-0.15, -0.1) is 0 Å². The summed E-state index contributed by atoms with van der Waals surface area (Å²) in [5.41, 5.74) is 6.37. The van der Waals surface area contributed by atoms with Crippen LogP contribution in [0.4, 0.5) is 0 Å². The molecule has 1 unspecified atom stereocenters. The quantitative estimate of drug-likeness (QED) is 0.722. The van der Waals surface area contributed by atoms with E-state index in [1.54, 1.807) is 30.5 Å². The van der Waals surface area contributed by atoms with Crippen molar-refractivity contribution in [3.8, 4) is 5.69 Å². The number of nitrogens with two attached hydrogens (primary N) is 1. The van der Waals surface area contributed by atoms with Crippen LogP contribution in [0.1, 0.15) is 11.5 Å². The zero-order chi connectivity index (χ0) is 13.1. The number of imidazole rings is 1. The molecule has 4 N–H and O–H groups in total.